The summed E-state index contributed by atoms with van der Waals surface area (Å²) < 4.78 is 0. The Morgan fingerprint density at radius 2 is 1.33 bits per heavy atom. The van der Waals surface area contributed by atoms with E-state index >= 15 is 0 Å². The summed E-state index contributed by atoms with van der Waals surface area (Å²) >= 11 is 0. The molecule has 3 aromatic rings. The highest BCUT2D eigenvalue weighted by molar-refractivity contribution is 5.94. The number of hydrogen-bond acceptors (Lipinski definition) is 1. The van der Waals surface area contributed by atoms with Crippen LogP contribution in [0.1, 0.15) is 55.2 Å². The molecule has 2 heteroatoms. The Kier molecular flexibility index (Phi) is 5.46. The lowest BCUT2D eigenvalue weighted by Gasteiger charge is -2.20. The zero-order valence-corrected chi connectivity index (χ0v) is 16.5. The van der Waals surface area contributed by atoms with E-state index in [2.05, 4.69) is 62.5 Å². The van der Waals surface area contributed by atoms with Crippen molar-refractivity contribution in [3.05, 3.63) is 95.6 Å². The lowest BCUT2D eigenvalue weighted by atomic mass is 9.86. The van der Waals surface area contributed by atoms with Crippen LogP contribution >= 0.6 is 0 Å². The Hall–Kier alpha value is -2.87. The molecule has 1 amide bonds. The predicted octanol–water partition coefficient (Wildman–Crippen LogP) is 6.14. The molecule has 0 heterocycles. The average molecular weight is 357 g/mol. The summed E-state index contributed by atoms with van der Waals surface area (Å²) in [4.78, 5) is 12.6. The number of carbonyl (C=O) groups excluding carboxylic acids is 1. The van der Waals surface area contributed by atoms with Crippen molar-refractivity contribution in [1.29, 1.82) is 0 Å². The minimum atomic E-state index is -0.0537. The van der Waals surface area contributed by atoms with Gasteiger partial charge in [0.25, 0.3) is 5.91 Å². The summed E-state index contributed by atoms with van der Waals surface area (Å²) in [5.41, 5.74) is 5.46. The van der Waals surface area contributed by atoms with Crippen LogP contribution in [0.3, 0.4) is 0 Å². The Morgan fingerprint density at radius 3 is 1.89 bits per heavy atom. The van der Waals surface area contributed by atoms with Crippen LogP contribution < -0.4 is 5.32 Å². The summed E-state index contributed by atoms with van der Waals surface area (Å²) in [7, 11) is 0. The molecule has 138 valence electrons. The minimum Gasteiger partial charge on any atom is -0.346 e. The Labute approximate surface area is 162 Å². The van der Waals surface area contributed by atoms with E-state index in [1.807, 2.05) is 49.4 Å². The fourth-order valence-electron chi connectivity index (χ4n) is 3.08. The fraction of sp³-hybridized carbons (Fsp3) is 0.240. The largest absolute Gasteiger partial charge is 0.346 e. The molecule has 0 saturated heterocycles. The number of nitrogens with one attached hydrogen (secondary N) is 1. The molecule has 3 rings (SSSR count). The van der Waals surface area contributed by atoms with Gasteiger partial charge in [-0.3, -0.25) is 4.79 Å². The summed E-state index contributed by atoms with van der Waals surface area (Å²) in [6.07, 6.45) is 0. The van der Waals surface area contributed by atoms with Crippen molar-refractivity contribution in [3.63, 3.8) is 0 Å². The van der Waals surface area contributed by atoms with Gasteiger partial charge in [0.2, 0.25) is 0 Å². The van der Waals surface area contributed by atoms with Crippen molar-refractivity contribution < 1.29 is 4.79 Å². The van der Waals surface area contributed by atoms with E-state index in [1.165, 1.54) is 5.56 Å². The van der Waals surface area contributed by atoms with Gasteiger partial charge in [-0.1, -0.05) is 87.5 Å². The highest BCUT2D eigenvalue weighted by Gasteiger charge is 2.15. The third-order valence-electron chi connectivity index (χ3n) is 4.88. The van der Waals surface area contributed by atoms with E-state index in [1.54, 1.807) is 0 Å². The number of hydrogen-bond donors (Lipinski definition) is 1. The molecule has 0 unspecified atom stereocenters. The second-order valence-electron chi connectivity index (χ2n) is 8.01. The minimum absolute atomic E-state index is 0.0414. The highest BCUT2D eigenvalue weighted by atomic mass is 16.1. The van der Waals surface area contributed by atoms with Gasteiger partial charge in [0.15, 0.2) is 0 Å². The molecule has 0 aliphatic heterocycles. The Morgan fingerprint density at radius 1 is 0.778 bits per heavy atom. The van der Waals surface area contributed by atoms with E-state index in [0.29, 0.717) is 5.56 Å². The molecule has 1 N–H and O–H groups in total. The van der Waals surface area contributed by atoms with Gasteiger partial charge in [0, 0.05) is 5.56 Å². The maximum absolute atomic E-state index is 12.6. The molecular formula is C25H27NO. The standard InChI is InChI=1S/C25H27NO/c1-18(19-14-16-23(17-15-19)25(2,3)4)26-24(27)22-12-10-21(11-13-22)20-8-6-5-7-9-20/h5-18H,1-4H3,(H,26,27)/t18-/m0/s1. The van der Waals surface area contributed by atoms with Gasteiger partial charge < -0.3 is 5.32 Å². The van der Waals surface area contributed by atoms with Gasteiger partial charge in [-0.05, 0) is 46.7 Å². The number of benzene rings is 3. The van der Waals surface area contributed by atoms with E-state index in [-0.39, 0.29) is 17.4 Å². The molecule has 2 nitrogen and oxygen atoms in total. The van der Waals surface area contributed by atoms with E-state index in [9.17, 15) is 4.79 Å². The van der Waals surface area contributed by atoms with Crippen molar-refractivity contribution in [3.8, 4) is 11.1 Å². The predicted molar refractivity (Wildman–Crippen MR) is 113 cm³/mol. The van der Waals surface area contributed by atoms with Crippen LogP contribution in [0.15, 0.2) is 78.9 Å². The van der Waals surface area contributed by atoms with E-state index < -0.39 is 0 Å². The van der Waals surface area contributed by atoms with Gasteiger partial charge in [0.1, 0.15) is 0 Å². The third kappa shape index (κ3) is 4.65. The Bertz CT molecular complexity index is 888. The van der Waals surface area contributed by atoms with Crippen molar-refractivity contribution in [2.45, 2.75) is 39.2 Å². The first-order valence-corrected chi connectivity index (χ1v) is 9.41. The summed E-state index contributed by atoms with van der Waals surface area (Å²) in [6, 6.07) is 26.4. The highest BCUT2D eigenvalue weighted by Crippen LogP contribution is 2.24. The summed E-state index contributed by atoms with van der Waals surface area (Å²) in [5.74, 6) is -0.0537. The monoisotopic (exact) mass is 357 g/mol. The van der Waals surface area contributed by atoms with Crippen LogP contribution in [0.2, 0.25) is 0 Å². The van der Waals surface area contributed by atoms with Crippen molar-refractivity contribution in [1.82, 2.24) is 5.32 Å². The lowest BCUT2D eigenvalue weighted by Crippen LogP contribution is -2.26. The van der Waals surface area contributed by atoms with Gasteiger partial charge in [-0.2, -0.15) is 0 Å². The van der Waals surface area contributed by atoms with Crippen LogP contribution in [0.25, 0.3) is 11.1 Å². The molecule has 27 heavy (non-hydrogen) atoms. The van der Waals surface area contributed by atoms with Crippen LogP contribution in [0, 0.1) is 0 Å². The molecule has 0 radical (unpaired) electrons. The molecular weight excluding hydrogens is 330 g/mol. The lowest BCUT2D eigenvalue weighted by molar-refractivity contribution is 0.0940. The quantitative estimate of drug-likeness (QED) is 0.597. The molecule has 0 spiro atoms. The second kappa shape index (κ2) is 7.79. The molecule has 0 bridgehead atoms. The third-order valence-corrected chi connectivity index (χ3v) is 4.88. The molecule has 0 aliphatic rings. The summed E-state index contributed by atoms with van der Waals surface area (Å²) in [6.45, 7) is 8.62. The van der Waals surface area contributed by atoms with Gasteiger partial charge in [-0.15, -0.1) is 0 Å². The molecule has 0 aromatic heterocycles. The van der Waals surface area contributed by atoms with Gasteiger partial charge in [0.05, 0.1) is 6.04 Å². The first-order chi connectivity index (χ1) is 12.8. The first kappa shape index (κ1) is 18.9. The van der Waals surface area contributed by atoms with Gasteiger partial charge >= 0.3 is 0 Å². The number of carbonyl (C=O) groups is 1. The fourth-order valence-corrected chi connectivity index (χ4v) is 3.08. The Balaban J connectivity index is 1.68. The van der Waals surface area contributed by atoms with E-state index in [4.69, 9.17) is 0 Å². The number of rotatable bonds is 4. The zero-order chi connectivity index (χ0) is 19.4. The summed E-state index contributed by atoms with van der Waals surface area (Å²) in [5, 5.41) is 3.09. The molecule has 0 fully saturated rings. The zero-order valence-electron chi connectivity index (χ0n) is 16.5. The molecule has 0 aliphatic carbocycles. The topological polar surface area (TPSA) is 29.1 Å². The average Bonchev–Trinajstić information content (AvgIpc) is 2.68. The first-order valence-electron chi connectivity index (χ1n) is 9.41. The maximum Gasteiger partial charge on any atom is 0.251 e. The van der Waals surface area contributed by atoms with Crippen molar-refractivity contribution in [2.24, 2.45) is 0 Å². The molecule has 1 atom stereocenters. The van der Waals surface area contributed by atoms with Crippen LogP contribution in [0.4, 0.5) is 0 Å². The van der Waals surface area contributed by atoms with E-state index in [0.717, 1.165) is 16.7 Å². The normalized spacial score (nSPS) is 12.4. The van der Waals surface area contributed by atoms with Crippen molar-refractivity contribution >= 4 is 5.91 Å². The van der Waals surface area contributed by atoms with Crippen molar-refractivity contribution in [2.75, 3.05) is 0 Å². The molecule has 0 saturated carbocycles. The van der Waals surface area contributed by atoms with Crippen LogP contribution in [-0.2, 0) is 5.41 Å². The second-order valence-corrected chi connectivity index (χ2v) is 8.01. The smallest absolute Gasteiger partial charge is 0.251 e. The molecule has 3 aromatic carbocycles. The van der Waals surface area contributed by atoms with Gasteiger partial charge in [-0.25, -0.2) is 0 Å². The maximum atomic E-state index is 12.6. The van der Waals surface area contributed by atoms with Crippen LogP contribution in [-0.4, -0.2) is 5.91 Å². The number of amides is 1. The SMILES string of the molecule is C[C@H](NC(=O)c1ccc(-c2ccccc2)cc1)c1ccc(C(C)(C)C)cc1. The van der Waals surface area contributed by atoms with Crippen LogP contribution in [0.5, 0.6) is 0 Å².